The molecule has 1 saturated heterocycles. The van der Waals surface area contributed by atoms with Gasteiger partial charge in [-0.2, -0.15) is 18.3 Å². The number of amides is 1. The normalized spacial score (nSPS) is 15.4. The zero-order chi connectivity index (χ0) is 30.8. The predicted molar refractivity (Wildman–Crippen MR) is 142 cm³/mol. The Balaban J connectivity index is 1.62. The van der Waals surface area contributed by atoms with Crippen LogP contribution in [0.4, 0.5) is 33.3 Å². The van der Waals surface area contributed by atoms with E-state index in [2.05, 4.69) is 10.4 Å². The molecule has 4 rings (SSSR count). The Kier molecular flexibility index (Phi) is 9.04. The number of carboxylic acids is 1. The maximum Gasteiger partial charge on any atom is 0.418 e. The lowest BCUT2D eigenvalue weighted by Gasteiger charge is -2.25. The molecule has 14 heteroatoms. The first-order chi connectivity index (χ1) is 19.7. The largest absolute Gasteiger partial charge is 0.489 e. The molecule has 2 aromatic carbocycles. The number of carbonyl (C=O) groups is 2. The molecule has 3 N–H and O–H groups in total. The van der Waals surface area contributed by atoms with Gasteiger partial charge in [0.15, 0.2) is 11.6 Å². The van der Waals surface area contributed by atoms with Crippen molar-refractivity contribution in [3.8, 4) is 5.75 Å². The van der Waals surface area contributed by atoms with Gasteiger partial charge in [-0.15, -0.1) is 0 Å². The second kappa shape index (κ2) is 12.3. The average Bonchev–Trinajstić information content (AvgIpc) is 3.51. The molecule has 3 aromatic rings. The number of ether oxygens (including phenoxy) is 1. The fourth-order valence-electron chi connectivity index (χ4n) is 4.91. The third-order valence-corrected chi connectivity index (χ3v) is 6.74. The molecule has 1 aromatic heterocycles. The van der Waals surface area contributed by atoms with Gasteiger partial charge in [-0.1, -0.05) is 13.8 Å². The average molecular weight is 597 g/mol. The van der Waals surface area contributed by atoms with Crippen LogP contribution in [0.2, 0.25) is 0 Å². The van der Waals surface area contributed by atoms with E-state index in [-0.39, 0.29) is 54.7 Å². The molecule has 1 atom stereocenters. The van der Waals surface area contributed by atoms with E-state index in [0.29, 0.717) is 18.2 Å². The number of alkyl halides is 3. The lowest BCUT2D eigenvalue weighted by atomic mass is 10.0. The van der Waals surface area contributed by atoms with Crippen LogP contribution in [-0.4, -0.2) is 57.7 Å². The molecule has 1 amide bonds. The van der Waals surface area contributed by atoms with Crippen molar-refractivity contribution in [2.75, 3.05) is 29.9 Å². The molecule has 1 aliphatic heterocycles. The summed E-state index contributed by atoms with van der Waals surface area (Å²) < 4.78 is 76.3. The number of benzene rings is 2. The summed E-state index contributed by atoms with van der Waals surface area (Å²) in [5.74, 6) is -4.33. The Hall–Kier alpha value is -4.20. The molecule has 1 fully saturated rings. The van der Waals surface area contributed by atoms with Crippen molar-refractivity contribution in [3.05, 3.63) is 70.5 Å². The maximum atomic E-state index is 14.2. The van der Waals surface area contributed by atoms with Crippen LogP contribution in [0, 0.1) is 11.6 Å². The zero-order valence-electron chi connectivity index (χ0n) is 22.7. The van der Waals surface area contributed by atoms with Gasteiger partial charge in [0.1, 0.15) is 12.4 Å². The van der Waals surface area contributed by atoms with E-state index in [9.17, 15) is 41.8 Å². The molecule has 42 heavy (non-hydrogen) atoms. The van der Waals surface area contributed by atoms with Gasteiger partial charge in [0, 0.05) is 24.8 Å². The SMILES string of the molecule is CC(C)c1c(C(=O)Nc2cc(CC(=O)O)c(N3CC[C@@H](O)C3)cc2C(F)(F)F)cnn1CCOc1ccc(F)cc1F. The number of carbonyl (C=O) groups excluding carboxylic acids is 1. The summed E-state index contributed by atoms with van der Waals surface area (Å²) >= 11 is 0. The van der Waals surface area contributed by atoms with Gasteiger partial charge in [-0.3, -0.25) is 14.3 Å². The van der Waals surface area contributed by atoms with Gasteiger partial charge in [-0.25, -0.2) is 8.78 Å². The van der Waals surface area contributed by atoms with Gasteiger partial charge in [0.25, 0.3) is 5.91 Å². The zero-order valence-corrected chi connectivity index (χ0v) is 22.7. The third-order valence-electron chi connectivity index (χ3n) is 6.74. The first-order valence-electron chi connectivity index (χ1n) is 13.1. The summed E-state index contributed by atoms with van der Waals surface area (Å²) in [5, 5.41) is 25.7. The predicted octanol–water partition coefficient (Wildman–Crippen LogP) is 4.83. The Labute approximate surface area is 237 Å². The first kappa shape index (κ1) is 30.8. The number of aliphatic carboxylic acids is 1. The van der Waals surface area contributed by atoms with E-state index < -0.39 is 53.5 Å². The van der Waals surface area contributed by atoms with E-state index in [1.54, 1.807) is 13.8 Å². The fourth-order valence-corrected chi connectivity index (χ4v) is 4.91. The monoisotopic (exact) mass is 596 g/mol. The van der Waals surface area contributed by atoms with E-state index in [1.807, 2.05) is 0 Å². The summed E-state index contributed by atoms with van der Waals surface area (Å²) in [5.41, 5.74) is -1.37. The van der Waals surface area contributed by atoms with Gasteiger partial charge in [0.05, 0.1) is 47.8 Å². The molecular weight excluding hydrogens is 567 g/mol. The van der Waals surface area contributed by atoms with Crippen LogP contribution in [0.15, 0.2) is 36.5 Å². The van der Waals surface area contributed by atoms with Crippen molar-refractivity contribution in [2.45, 2.75) is 51.4 Å². The number of hydrogen-bond acceptors (Lipinski definition) is 6. The highest BCUT2D eigenvalue weighted by atomic mass is 19.4. The molecule has 2 heterocycles. The van der Waals surface area contributed by atoms with Crippen molar-refractivity contribution >= 4 is 23.3 Å². The molecule has 0 saturated carbocycles. The highest BCUT2D eigenvalue weighted by Gasteiger charge is 2.37. The molecular formula is C28H29F5N4O5. The number of nitrogens with one attached hydrogen (secondary N) is 1. The summed E-state index contributed by atoms with van der Waals surface area (Å²) in [7, 11) is 0. The number of aliphatic hydroxyl groups excluding tert-OH is 1. The van der Waals surface area contributed by atoms with Crippen LogP contribution in [-0.2, 0) is 23.9 Å². The molecule has 1 aliphatic rings. The Bertz CT molecular complexity index is 1470. The van der Waals surface area contributed by atoms with Crippen molar-refractivity contribution in [2.24, 2.45) is 0 Å². The smallest absolute Gasteiger partial charge is 0.418 e. The van der Waals surface area contributed by atoms with Crippen LogP contribution in [0.3, 0.4) is 0 Å². The molecule has 0 bridgehead atoms. The maximum absolute atomic E-state index is 14.2. The number of rotatable bonds is 10. The van der Waals surface area contributed by atoms with Crippen molar-refractivity contribution < 1.29 is 46.5 Å². The van der Waals surface area contributed by atoms with Gasteiger partial charge >= 0.3 is 12.1 Å². The Morgan fingerprint density at radius 3 is 2.52 bits per heavy atom. The number of halogens is 5. The van der Waals surface area contributed by atoms with E-state index in [1.165, 1.54) is 15.8 Å². The van der Waals surface area contributed by atoms with E-state index in [0.717, 1.165) is 24.3 Å². The second-order valence-corrected chi connectivity index (χ2v) is 10.2. The quantitative estimate of drug-likeness (QED) is 0.287. The summed E-state index contributed by atoms with van der Waals surface area (Å²) in [6.45, 7) is 3.72. The van der Waals surface area contributed by atoms with Crippen molar-refractivity contribution in [3.63, 3.8) is 0 Å². The number of aliphatic hydroxyl groups is 1. The summed E-state index contributed by atoms with van der Waals surface area (Å²) in [4.78, 5) is 26.3. The minimum absolute atomic E-state index is 0.0161. The van der Waals surface area contributed by atoms with Crippen molar-refractivity contribution in [1.82, 2.24) is 9.78 Å². The van der Waals surface area contributed by atoms with E-state index in [4.69, 9.17) is 4.74 Å². The molecule has 0 spiro atoms. The number of nitrogens with zero attached hydrogens (tertiary/aromatic N) is 3. The standard InChI is InChI=1S/C28H29F5N4O5/c1-15(2)26-19(13-34-37(26)7-8-42-24-4-3-17(29)11-21(24)30)27(41)35-22-9-16(10-25(39)40)23(12-20(22)28(31,32)33)36-6-5-18(38)14-36/h3-4,9,11-13,15,18,38H,5-8,10,14H2,1-2H3,(H,35,41)(H,39,40)/t18-/m1/s1. The van der Waals surface area contributed by atoms with Crippen LogP contribution < -0.4 is 15.0 Å². The minimum atomic E-state index is -4.89. The fraction of sp³-hybridized carbons (Fsp3) is 0.393. The van der Waals surface area contributed by atoms with Crippen LogP contribution in [0.25, 0.3) is 0 Å². The highest BCUT2D eigenvalue weighted by molar-refractivity contribution is 6.05. The third kappa shape index (κ3) is 6.98. The number of hydrogen-bond donors (Lipinski definition) is 3. The number of β-amino-alcohol motifs (C(OH)–C–C–N with tert-alkyl or cyclic N) is 1. The summed E-state index contributed by atoms with van der Waals surface area (Å²) in [6, 6.07) is 4.63. The number of carboxylic acid groups (broad SMARTS) is 1. The topological polar surface area (TPSA) is 117 Å². The molecule has 9 nitrogen and oxygen atoms in total. The van der Waals surface area contributed by atoms with Gasteiger partial charge < -0.3 is 25.2 Å². The molecule has 0 aliphatic carbocycles. The molecule has 0 unspecified atom stereocenters. The van der Waals surface area contributed by atoms with Crippen LogP contribution in [0.1, 0.15) is 53.4 Å². The highest BCUT2D eigenvalue weighted by Crippen LogP contribution is 2.40. The van der Waals surface area contributed by atoms with E-state index >= 15 is 0 Å². The molecule has 0 radical (unpaired) electrons. The number of anilines is 2. The van der Waals surface area contributed by atoms with Gasteiger partial charge in [0.2, 0.25) is 0 Å². The molecule has 226 valence electrons. The summed E-state index contributed by atoms with van der Waals surface area (Å²) in [6.07, 6.45) is -4.75. The number of aromatic nitrogens is 2. The Morgan fingerprint density at radius 1 is 1.19 bits per heavy atom. The Morgan fingerprint density at radius 2 is 1.93 bits per heavy atom. The van der Waals surface area contributed by atoms with Crippen LogP contribution >= 0.6 is 0 Å². The van der Waals surface area contributed by atoms with Crippen molar-refractivity contribution in [1.29, 1.82) is 0 Å². The van der Waals surface area contributed by atoms with Crippen LogP contribution in [0.5, 0.6) is 5.75 Å². The second-order valence-electron chi connectivity index (χ2n) is 10.2. The van der Waals surface area contributed by atoms with Gasteiger partial charge in [-0.05, 0) is 42.2 Å². The lowest BCUT2D eigenvalue weighted by Crippen LogP contribution is -2.25. The first-order valence-corrected chi connectivity index (χ1v) is 13.1. The lowest BCUT2D eigenvalue weighted by molar-refractivity contribution is -0.137. The minimum Gasteiger partial charge on any atom is -0.489 e.